The molecule has 1 amide bonds. The standard InChI is InChI=1S/C16H18FN3OS/c17-13-3-1-12(2-4-13)16-19-14(10-22-16)9-20-7-5-11(6-8-20)15(18)21/h1-4,10-11H,5-9H2,(H2,18,21). The van der Waals surface area contributed by atoms with E-state index in [1.54, 1.807) is 23.5 Å². The average Bonchev–Trinajstić information content (AvgIpc) is 2.97. The maximum atomic E-state index is 12.9. The van der Waals surface area contributed by atoms with Crippen molar-refractivity contribution in [3.8, 4) is 10.6 Å². The van der Waals surface area contributed by atoms with Crippen LogP contribution in [0.15, 0.2) is 29.6 Å². The zero-order valence-corrected chi connectivity index (χ0v) is 13.0. The number of carbonyl (C=O) groups is 1. The average molecular weight is 319 g/mol. The van der Waals surface area contributed by atoms with Crippen molar-refractivity contribution in [2.75, 3.05) is 13.1 Å². The lowest BCUT2D eigenvalue weighted by Gasteiger charge is -2.29. The van der Waals surface area contributed by atoms with Gasteiger partial charge in [0.05, 0.1) is 5.69 Å². The summed E-state index contributed by atoms with van der Waals surface area (Å²) in [7, 11) is 0. The summed E-state index contributed by atoms with van der Waals surface area (Å²) >= 11 is 1.57. The number of nitrogens with two attached hydrogens (primary N) is 1. The molecular formula is C16H18FN3OS. The van der Waals surface area contributed by atoms with Crippen LogP contribution in [0.1, 0.15) is 18.5 Å². The molecule has 2 heterocycles. The molecule has 0 radical (unpaired) electrons. The van der Waals surface area contributed by atoms with E-state index in [0.717, 1.165) is 48.7 Å². The highest BCUT2D eigenvalue weighted by atomic mass is 32.1. The number of rotatable bonds is 4. The van der Waals surface area contributed by atoms with Gasteiger partial charge >= 0.3 is 0 Å². The highest BCUT2D eigenvalue weighted by Crippen LogP contribution is 2.25. The number of piperidine rings is 1. The largest absolute Gasteiger partial charge is 0.369 e. The zero-order valence-electron chi connectivity index (χ0n) is 12.2. The second kappa shape index (κ2) is 6.54. The van der Waals surface area contributed by atoms with Crippen LogP contribution in [0.4, 0.5) is 4.39 Å². The van der Waals surface area contributed by atoms with Crippen molar-refractivity contribution in [1.29, 1.82) is 0 Å². The summed E-state index contributed by atoms with van der Waals surface area (Å²) in [5.41, 5.74) is 7.30. The number of aromatic nitrogens is 1. The van der Waals surface area contributed by atoms with E-state index in [9.17, 15) is 9.18 Å². The summed E-state index contributed by atoms with van der Waals surface area (Å²) in [6.07, 6.45) is 1.65. The number of carbonyl (C=O) groups excluding carboxylic acids is 1. The Kier molecular flexibility index (Phi) is 4.49. The van der Waals surface area contributed by atoms with Gasteiger partial charge in [-0.3, -0.25) is 9.69 Å². The Morgan fingerprint density at radius 2 is 2.00 bits per heavy atom. The Hall–Kier alpha value is -1.79. The molecule has 0 atom stereocenters. The summed E-state index contributed by atoms with van der Waals surface area (Å²) < 4.78 is 12.9. The van der Waals surface area contributed by atoms with Crippen molar-refractivity contribution in [3.63, 3.8) is 0 Å². The number of likely N-dealkylation sites (tertiary alicyclic amines) is 1. The van der Waals surface area contributed by atoms with E-state index < -0.39 is 0 Å². The number of hydrogen-bond donors (Lipinski definition) is 1. The van der Waals surface area contributed by atoms with E-state index >= 15 is 0 Å². The number of nitrogens with zero attached hydrogens (tertiary/aromatic N) is 2. The van der Waals surface area contributed by atoms with Gasteiger partial charge in [-0.05, 0) is 50.2 Å². The lowest BCUT2D eigenvalue weighted by Crippen LogP contribution is -2.38. The van der Waals surface area contributed by atoms with Gasteiger partial charge in [0.2, 0.25) is 5.91 Å². The number of amides is 1. The second-order valence-corrected chi connectivity index (χ2v) is 6.46. The summed E-state index contributed by atoms with van der Waals surface area (Å²) in [5, 5.41) is 2.95. The predicted molar refractivity (Wildman–Crippen MR) is 84.7 cm³/mol. The maximum absolute atomic E-state index is 12.9. The Labute approximate surface area is 132 Å². The molecule has 0 bridgehead atoms. The topological polar surface area (TPSA) is 59.2 Å². The van der Waals surface area contributed by atoms with Gasteiger partial charge in [-0.25, -0.2) is 9.37 Å². The number of halogens is 1. The Balaban J connectivity index is 1.60. The van der Waals surface area contributed by atoms with E-state index in [4.69, 9.17) is 5.73 Å². The smallest absolute Gasteiger partial charge is 0.220 e. The van der Waals surface area contributed by atoms with Gasteiger partial charge in [0.25, 0.3) is 0 Å². The molecule has 0 aliphatic carbocycles. The molecule has 2 aromatic rings. The van der Waals surface area contributed by atoms with Crippen molar-refractivity contribution < 1.29 is 9.18 Å². The monoisotopic (exact) mass is 319 g/mol. The van der Waals surface area contributed by atoms with E-state index in [0.29, 0.717) is 0 Å². The third-order valence-electron chi connectivity index (χ3n) is 4.02. The molecule has 22 heavy (non-hydrogen) atoms. The Morgan fingerprint density at radius 3 is 2.64 bits per heavy atom. The number of benzene rings is 1. The van der Waals surface area contributed by atoms with E-state index in [2.05, 4.69) is 9.88 Å². The second-order valence-electron chi connectivity index (χ2n) is 5.60. The van der Waals surface area contributed by atoms with Gasteiger partial charge < -0.3 is 5.73 Å². The van der Waals surface area contributed by atoms with Crippen LogP contribution in [-0.4, -0.2) is 28.9 Å². The van der Waals surface area contributed by atoms with Crippen molar-refractivity contribution in [1.82, 2.24) is 9.88 Å². The van der Waals surface area contributed by atoms with Crippen LogP contribution < -0.4 is 5.73 Å². The molecule has 1 aliphatic rings. The van der Waals surface area contributed by atoms with Crippen molar-refractivity contribution in [2.24, 2.45) is 11.7 Å². The lowest BCUT2D eigenvalue weighted by molar-refractivity contribution is -0.123. The molecule has 0 saturated carbocycles. The minimum atomic E-state index is -0.238. The lowest BCUT2D eigenvalue weighted by atomic mass is 9.96. The first-order valence-corrected chi connectivity index (χ1v) is 8.22. The fourth-order valence-corrected chi connectivity index (χ4v) is 3.53. The molecule has 1 aromatic carbocycles. The fourth-order valence-electron chi connectivity index (χ4n) is 2.71. The molecule has 6 heteroatoms. The van der Waals surface area contributed by atoms with E-state index in [1.165, 1.54) is 12.1 Å². The molecule has 1 fully saturated rings. The summed E-state index contributed by atoms with van der Waals surface area (Å²) in [6.45, 7) is 2.53. The molecule has 0 unspecified atom stereocenters. The van der Waals surface area contributed by atoms with Gasteiger partial charge in [-0.1, -0.05) is 0 Å². The fraction of sp³-hybridized carbons (Fsp3) is 0.375. The molecule has 1 aliphatic heterocycles. The number of thiazole rings is 1. The predicted octanol–water partition coefficient (Wildman–Crippen LogP) is 2.65. The Morgan fingerprint density at radius 1 is 1.32 bits per heavy atom. The third kappa shape index (κ3) is 3.51. The first-order chi connectivity index (χ1) is 10.6. The zero-order chi connectivity index (χ0) is 15.5. The molecule has 4 nitrogen and oxygen atoms in total. The SMILES string of the molecule is NC(=O)C1CCN(Cc2csc(-c3ccc(F)cc3)n2)CC1. The molecule has 1 aromatic heterocycles. The molecule has 0 spiro atoms. The first kappa shape index (κ1) is 15.1. The van der Waals surface area contributed by atoms with Crippen molar-refractivity contribution in [2.45, 2.75) is 19.4 Å². The van der Waals surface area contributed by atoms with Crippen LogP contribution in [0.25, 0.3) is 10.6 Å². The summed E-state index contributed by atoms with van der Waals surface area (Å²) in [5.74, 6) is -0.411. The third-order valence-corrected chi connectivity index (χ3v) is 4.96. The van der Waals surface area contributed by atoms with Crippen LogP contribution in [0, 0.1) is 11.7 Å². The van der Waals surface area contributed by atoms with Crippen molar-refractivity contribution >= 4 is 17.2 Å². The minimum Gasteiger partial charge on any atom is -0.369 e. The van der Waals surface area contributed by atoms with Crippen LogP contribution in [0.5, 0.6) is 0 Å². The van der Waals surface area contributed by atoms with Crippen LogP contribution >= 0.6 is 11.3 Å². The van der Waals surface area contributed by atoms with E-state index in [-0.39, 0.29) is 17.6 Å². The summed E-state index contributed by atoms with van der Waals surface area (Å²) in [6, 6.07) is 6.39. The molecule has 3 rings (SSSR count). The highest BCUT2D eigenvalue weighted by Gasteiger charge is 2.23. The molecular weight excluding hydrogens is 301 g/mol. The van der Waals surface area contributed by atoms with Crippen molar-refractivity contribution in [3.05, 3.63) is 41.2 Å². The van der Waals surface area contributed by atoms with Gasteiger partial charge in [0, 0.05) is 23.4 Å². The maximum Gasteiger partial charge on any atom is 0.220 e. The van der Waals surface area contributed by atoms with Gasteiger partial charge in [0.15, 0.2) is 0 Å². The van der Waals surface area contributed by atoms with Crippen LogP contribution in [0.2, 0.25) is 0 Å². The molecule has 2 N–H and O–H groups in total. The van der Waals surface area contributed by atoms with Crippen LogP contribution in [0.3, 0.4) is 0 Å². The quantitative estimate of drug-likeness (QED) is 0.942. The Bertz CT molecular complexity index is 648. The first-order valence-electron chi connectivity index (χ1n) is 7.34. The highest BCUT2D eigenvalue weighted by molar-refractivity contribution is 7.13. The van der Waals surface area contributed by atoms with Gasteiger partial charge in [-0.15, -0.1) is 11.3 Å². The molecule has 1 saturated heterocycles. The van der Waals surface area contributed by atoms with E-state index in [1.807, 2.05) is 5.38 Å². The number of primary amides is 1. The van der Waals surface area contributed by atoms with Gasteiger partial charge in [-0.2, -0.15) is 0 Å². The minimum absolute atomic E-state index is 0.0152. The van der Waals surface area contributed by atoms with Crippen LogP contribution in [-0.2, 0) is 11.3 Å². The van der Waals surface area contributed by atoms with Gasteiger partial charge in [0.1, 0.15) is 10.8 Å². The summed E-state index contributed by atoms with van der Waals surface area (Å²) in [4.78, 5) is 18.1. The normalized spacial score (nSPS) is 16.8. The number of hydrogen-bond acceptors (Lipinski definition) is 4. The molecule has 116 valence electrons.